The highest BCUT2D eigenvalue weighted by Crippen LogP contribution is 2.20. The number of carbonyl (C=O) groups excluding carboxylic acids is 1. The Bertz CT molecular complexity index is 959. The van der Waals surface area contributed by atoms with Crippen LogP contribution in [0.2, 0.25) is 0 Å². The zero-order chi connectivity index (χ0) is 16.6. The molecule has 4 nitrogen and oxygen atoms in total. The number of fused-ring (bicyclic) bond motifs is 1. The van der Waals surface area contributed by atoms with E-state index in [9.17, 15) is 18.4 Å². The van der Waals surface area contributed by atoms with Crippen LogP contribution >= 0.6 is 0 Å². The molecule has 1 amide bonds. The molecule has 6 heteroatoms. The molecule has 23 heavy (non-hydrogen) atoms. The van der Waals surface area contributed by atoms with Crippen LogP contribution in [-0.4, -0.2) is 5.91 Å². The Hall–Kier alpha value is -3.02. The van der Waals surface area contributed by atoms with Crippen LogP contribution in [0.4, 0.5) is 14.5 Å². The highest BCUT2D eigenvalue weighted by molar-refractivity contribution is 6.05. The zero-order valence-electron chi connectivity index (χ0n) is 12.0. The van der Waals surface area contributed by atoms with Gasteiger partial charge in [-0.25, -0.2) is 13.6 Å². The van der Waals surface area contributed by atoms with Crippen molar-refractivity contribution < 1.29 is 18.0 Å². The Morgan fingerprint density at radius 3 is 2.48 bits per heavy atom. The van der Waals surface area contributed by atoms with E-state index in [4.69, 9.17) is 4.42 Å². The third-order valence-electron chi connectivity index (χ3n) is 3.33. The smallest absolute Gasteiger partial charge is 0.349 e. The van der Waals surface area contributed by atoms with E-state index in [1.807, 2.05) is 6.92 Å². The van der Waals surface area contributed by atoms with Crippen molar-refractivity contribution in [3.8, 4) is 0 Å². The lowest BCUT2D eigenvalue weighted by molar-refractivity contribution is 0.102. The van der Waals surface area contributed by atoms with E-state index >= 15 is 0 Å². The van der Waals surface area contributed by atoms with Gasteiger partial charge in [0.2, 0.25) is 0 Å². The van der Waals surface area contributed by atoms with E-state index in [1.165, 1.54) is 12.1 Å². The summed E-state index contributed by atoms with van der Waals surface area (Å²) in [5.74, 6) is -2.80. The molecule has 1 heterocycles. The van der Waals surface area contributed by atoms with Crippen LogP contribution in [0.25, 0.3) is 11.0 Å². The molecule has 0 fully saturated rings. The Morgan fingerprint density at radius 2 is 1.78 bits per heavy atom. The van der Waals surface area contributed by atoms with Gasteiger partial charge in [-0.2, -0.15) is 0 Å². The molecule has 0 saturated heterocycles. The number of hydrogen-bond acceptors (Lipinski definition) is 3. The second kappa shape index (κ2) is 5.64. The highest BCUT2D eigenvalue weighted by atomic mass is 19.1. The normalized spacial score (nSPS) is 10.7. The second-order valence-corrected chi connectivity index (χ2v) is 5.04. The number of nitrogens with one attached hydrogen (secondary N) is 1. The van der Waals surface area contributed by atoms with Gasteiger partial charge in [0.25, 0.3) is 5.91 Å². The Balaban J connectivity index is 2.04. The van der Waals surface area contributed by atoms with Gasteiger partial charge >= 0.3 is 5.63 Å². The summed E-state index contributed by atoms with van der Waals surface area (Å²) in [5.41, 5.74) is -0.574. The van der Waals surface area contributed by atoms with Gasteiger partial charge in [-0.15, -0.1) is 0 Å². The van der Waals surface area contributed by atoms with E-state index in [-0.39, 0.29) is 5.56 Å². The number of aryl methyl sites for hydroxylation is 1. The summed E-state index contributed by atoms with van der Waals surface area (Å²) < 4.78 is 32.2. The third-order valence-corrected chi connectivity index (χ3v) is 3.33. The molecule has 3 rings (SSSR count). The van der Waals surface area contributed by atoms with Gasteiger partial charge in [0.05, 0.1) is 0 Å². The van der Waals surface area contributed by atoms with Crippen molar-refractivity contribution in [1.82, 2.24) is 0 Å². The molecule has 2 aromatic carbocycles. The van der Waals surface area contributed by atoms with Gasteiger partial charge in [0, 0.05) is 5.39 Å². The molecule has 1 aromatic heterocycles. The molecule has 0 unspecified atom stereocenters. The van der Waals surface area contributed by atoms with E-state index in [0.717, 1.165) is 17.7 Å². The van der Waals surface area contributed by atoms with Crippen molar-refractivity contribution in [1.29, 1.82) is 0 Å². The van der Waals surface area contributed by atoms with Crippen LogP contribution in [0.3, 0.4) is 0 Å². The number of anilines is 1. The van der Waals surface area contributed by atoms with Gasteiger partial charge in [-0.1, -0.05) is 17.7 Å². The lowest BCUT2D eigenvalue weighted by Crippen LogP contribution is -2.21. The largest absolute Gasteiger partial charge is 0.422 e. The topological polar surface area (TPSA) is 59.3 Å². The number of carbonyl (C=O) groups is 1. The van der Waals surface area contributed by atoms with E-state index in [1.54, 1.807) is 18.2 Å². The van der Waals surface area contributed by atoms with Crippen LogP contribution in [0.15, 0.2) is 51.7 Å². The minimum Gasteiger partial charge on any atom is -0.422 e. The molecular weight excluding hydrogens is 304 g/mol. The molecule has 116 valence electrons. The maximum atomic E-state index is 13.6. The fourth-order valence-corrected chi connectivity index (χ4v) is 2.20. The monoisotopic (exact) mass is 315 g/mol. The summed E-state index contributed by atoms with van der Waals surface area (Å²) in [5, 5.41) is 2.61. The van der Waals surface area contributed by atoms with Gasteiger partial charge < -0.3 is 9.73 Å². The van der Waals surface area contributed by atoms with Crippen LogP contribution in [-0.2, 0) is 0 Å². The summed E-state index contributed by atoms with van der Waals surface area (Å²) >= 11 is 0. The van der Waals surface area contributed by atoms with Crippen LogP contribution in [0.1, 0.15) is 15.9 Å². The average molecular weight is 315 g/mol. The van der Waals surface area contributed by atoms with E-state index in [2.05, 4.69) is 5.32 Å². The van der Waals surface area contributed by atoms with Gasteiger partial charge in [0.1, 0.15) is 28.5 Å². The summed E-state index contributed by atoms with van der Waals surface area (Å²) in [6.07, 6.45) is 0. The number of benzene rings is 2. The molecule has 0 aliphatic rings. The third kappa shape index (κ3) is 2.83. The average Bonchev–Trinajstić information content (AvgIpc) is 2.50. The highest BCUT2D eigenvalue weighted by Gasteiger charge is 2.17. The van der Waals surface area contributed by atoms with Crippen molar-refractivity contribution in [3.05, 3.63) is 75.6 Å². The van der Waals surface area contributed by atoms with Gasteiger partial charge in [-0.05, 0) is 37.3 Å². The van der Waals surface area contributed by atoms with Gasteiger partial charge in [-0.3, -0.25) is 4.79 Å². The number of para-hydroxylation sites is 1. The lowest BCUT2D eigenvalue weighted by Gasteiger charge is -2.07. The fourth-order valence-electron chi connectivity index (χ4n) is 2.20. The molecular formula is C17H11F2NO3. The van der Waals surface area contributed by atoms with Crippen molar-refractivity contribution in [2.45, 2.75) is 6.92 Å². The molecule has 0 spiro atoms. The van der Waals surface area contributed by atoms with E-state index < -0.39 is 28.9 Å². The number of amides is 1. The van der Waals surface area contributed by atoms with Crippen LogP contribution < -0.4 is 10.9 Å². The number of rotatable bonds is 2. The maximum Gasteiger partial charge on any atom is 0.349 e. The van der Waals surface area contributed by atoms with E-state index in [0.29, 0.717) is 11.0 Å². The molecule has 1 N–H and O–H groups in total. The standard InChI is InChI=1S/C17H11F2NO3/c1-9-5-6-14-10(7-9)8-11(17(22)23-14)16(21)20-15-12(18)3-2-4-13(15)19/h2-8H,1H3,(H,20,21). The molecule has 0 atom stereocenters. The zero-order valence-corrected chi connectivity index (χ0v) is 12.0. The summed E-state index contributed by atoms with van der Waals surface area (Å²) in [7, 11) is 0. The van der Waals surface area contributed by atoms with Crippen LogP contribution in [0, 0.1) is 18.6 Å². The first kappa shape index (κ1) is 14.9. The molecule has 0 radical (unpaired) electrons. The molecule has 3 aromatic rings. The molecule has 0 aliphatic carbocycles. The SMILES string of the molecule is Cc1ccc2oc(=O)c(C(=O)Nc3c(F)cccc3F)cc2c1. The number of hydrogen-bond donors (Lipinski definition) is 1. The summed E-state index contributed by atoms with van der Waals surface area (Å²) in [4.78, 5) is 24.1. The Kier molecular flexibility index (Phi) is 3.65. The predicted molar refractivity (Wildman–Crippen MR) is 81.5 cm³/mol. The fraction of sp³-hybridized carbons (Fsp3) is 0.0588. The van der Waals surface area contributed by atoms with Gasteiger partial charge in [0.15, 0.2) is 0 Å². The quantitative estimate of drug-likeness (QED) is 0.735. The minimum absolute atomic E-state index is 0.328. The minimum atomic E-state index is -0.939. The first-order chi connectivity index (χ1) is 11.0. The van der Waals surface area contributed by atoms with Crippen molar-refractivity contribution in [3.63, 3.8) is 0 Å². The molecule has 0 bridgehead atoms. The van der Waals surface area contributed by atoms with Crippen molar-refractivity contribution >= 4 is 22.6 Å². The van der Waals surface area contributed by atoms with Crippen molar-refractivity contribution in [2.24, 2.45) is 0 Å². The van der Waals surface area contributed by atoms with Crippen LogP contribution in [0.5, 0.6) is 0 Å². The first-order valence-electron chi connectivity index (χ1n) is 6.75. The predicted octanol–water partition coefficient (Wildman–Crippen LogP) is 3.63. The maximum absolute atomic E-state index is 13.6. The Labute approximate surface area is 129 Å². The van der Waals surface area contributed by atoms with Crippen molar-refractivity contribution in [2.75, 3.05) is 5.32 Å². The number of halogens is 2. The summed E-state index contributed by atoms with van der Waals surface area (Å²) in [6, 6.07) is 9.63. The molecule has 0 saturated carbocycles. The Morgan fingerprint density at radius 1 is 1.09 bits per heavy atom. The molecule has 0 aliphatic heterocycles. The lowest BCUT2D eigenvalue weighted by atomic mass is 10.1. The first-order valence-corrected chi connectivity index (χ1v) is 6.75. The summed E-state index contributed by atoms with van der Waals surface area (Å²) in [6.45, 7) is 1.85. The second-order valence-electron chi connectivity index (χ2n) is 5.04.